The zero-order valence-corrected chi connectivity index (χ0v) is 17.8. The number of aromatic nitrogens is 1. The zero-order valence-electron chi connectivity index (χ0n) is 17.0. The lowest BCUT2D eigenvalue weighted by atomic mass is 10.1. The summed E-state index contributed by atoms with van der Waals surface area (Å²) >= 11 is 0. The number of nitrogens with zero attached hydrogens (tertiary/aromatic N) is 3. The molecule has 4 rings (SSSR count). The average molecular weight is 430 g/mol. The summed E-state index contributed by atoms with van der Waals surface area (Å²) in [7, 11) is -3.61. The average Bonchev–Trinajstić information content (AvgIpc) is 3.09. The lowest BCUT2D eigenvalue weighted by Crippen LogP contribution is -2.48. The van der Waals surface area contributed by atoms with Crippen molar-refractivity contribution in [2.24, 2.45) is 0 Å². The molecule has 30 heavy (non-hydrogen) atoms. The first-order chi connectivity index (χ1) is 14.3. The summed E-state index contributed by atoms with van der Waals surface area (Å²) in [5, 5.41) is 0. The number of aryl methyl sites for hydroxylation is 2. The van der Waals surface area contributed by atoms with E-state index in [4.69, 9.17) is 4.42 Å². The van der Waals surface area contributed by atoms with E-state index in [1.807, 2.05) is 38.1 Å². The standard InChI is InChI=1S/C22H24FN3O3S/c1-16-3-5-18(6-4-16)22-24-21(17(2)29-22)15-25-11-13-26(14-12-25)30(27,28)20-9-7-19(23)8-10-20/h3-10H,11-15H2,1-2H3. The van der Waals surface area contributed by atoms with Crippen LogP contribution >= 0.6 is 0 Å². The third-order valence-corrected chi connectivity index (χ3v) is 7.26. The molecular formula is C22H24FN3O3S. The van der Waals surface area contributed by atoms with E-state index in [1.165, 1.54) is 34.1 Å². The predicted molar refractivity (Wildman–Crippen MR) is 112 cm³/mol. The molecule has 3 aromatic rings. The number of halogens is 1. The van der Waals surface area contributed by atoms with Gasteiger partial charge in [-0.05, 0) is 50.2 Å². The maximum absolute atomic E-state index is 13.1. The van der Waals surface area contributed by atoms with Gasteiger partial charge in [-0.3, -0.25) is 4.90 Å². The Morgan fingerprint density at radius 1 is 0.967 bits per heavy atom. The van der Waals surface area contributed by atoms with Crippen molar-refractivity contribution in [1.82, 2.24) is 14.2 Å². The molecule has 0 spiro atoms. The summed E-state index contributed by atoms with van der Waals surface area (Å²) < 4.78 is 45.9. The highest BCUT2D eigenvalue weighted by Crippen LogP contribution is 2.24. The fourth-order valence-electron chi connectivity index (χ4n) is 3.49. The minimum absolute atomic E-state index is 0.118. The zero-order chi connectivity index (χ0) is 21.3. The van der Waals surface area contributed by atoms with Crippen LogP contribution in [0.5, 0.6) is 0 Å². The van der Waals surface area contributed by atoms with Gasteiger partial charge in [0.05, 0.1) is 10.6 Å². The summed E-state index contributed by atoms with van der Waals surface area (Å²) in [6, 6.07) is 13.0. The Bertz CT molecular complexity index is 1120. The quantitative estimate of drug-likeness (QED) is 0.620. The van der Waals surface area contributed by atoms with E-state index in [9.17, 15) is 12.8 Å². The molecule has 8 heteroatoms. The van der Waals surface area contributed by atoms with Crippen molar-refractivity contribution in [1.29, 1.82) is 0 Å². The van der Waals surface area contributed by atoms with E-state index in [1.54, 1.807) is 0 Å². The first kappa shape index (κ1) is 20.7. The van der Waals surface area contributed by atoms with Crippen molar-refractivity contribution in [3.63, 3.8) is 0 Å². The van der Waals surface area contributed by atoms with Crippen molar-refractivity contribution in [2.75, 3.05) is 26.2 Å². The maximum Gasteiger partial charge on any atom is 0.243 e. The van der Waals surface area contributed by atoms with Gasteiger partial charge < -0.3 is 4.42 Å². The van der Waals surface area contributed by atoms with Gasteiger partial charge in [-0.1, -0.05) is 17.7 Å². The second-order valence-electron chi connectivity index (χ2n) is 7.52. The molecule has 1 aliphatic heterocycles. The number of rotatable bonds is 5. The Balaban J connectivity index is 1.40. The molecule has 0 atom stereocenters. The second-order valence-corrected chi connectivity index (χ2v) is 9.46. The van der Waals surface area contributed by atoms with Crippen LogP contribution in [-0.2, 0) is 16.6 Å². The highest BCUT2D eigenvalue weighted by atomic mass is 32.2. The van der Waals surface area contributed by atoms with Gasteiger partial charge in [-0.15, -0.1) is 0 Å². The van der Waals surface area contributed by atoms with Crippen LogP contribution in [-0.4, -0.2) is 48.8 Å². The number of piperazine rings is 1. The molecule has 0 aliphatic carbocycles. The Morgan fingerprint density at radius 2 is 1.60 bits per heavy atom. The lowest BCUT2D eigenvalue weighted by molar-refractivity contribution is 0.179. The minimum Gasteiger partial charge on any atom is -0.441 e. The molecule has 0 N–H and O–H groups in total. The van der Waals surface area contributed by atoms with E-state index < -0.39 is 15.8 Å². The fourth-order valence-corrected chi connectivity index (χ4v) is 4.91. The number of hydrogen-bond donors (Lipinski definition) is 0. The van der Waals surface area contributed by atoms with Crippen molar-refractivity contribution in [2.45, 2.75) is 25.3 Å². The van der Waals surface area contributed by atoms with Crippen LogP contribution in [0.15, 0.2) is 57.8 Å². The lowest BCUT2D eigenvalue weighted by Gasteiger charge is -2.33. The van der Waals surface area contributed by atoms with Crippen molar-refractivity contribution < 1.29 is 17.2 Å². The van der Waals surface area contributed by atoms with Gasteiger partial charge in [0.2, 0.25) is 15.9 Å². The van der Waals surface area contributed by atoms with E-state index in [-0.39, 0.29) is 4.90 Å². The molecule has 0 unspecified atom stereocenters. The van der Waals surface area contributed by atoms with Gasteiger partial charge >= 0.3 is 0 Å². The molecule has 0 bridgehead atoms. The van der Waals surface area contributed by atoms with Crippen LogP contribution < -0.4 is 0 Å². The molecule has 1 aliphatic rings. The van der Waals surface area contributed by atoms with Crippen LogP contribution in [0.2, 0.25) is 0 Å². The Kier molecular flexibility index (Phi) is 5.73. The first-order valence-electron chi connectivity index (χ1n) is 9.84. The molecule has 1 aromatic heterocycles. The Morgan fingerprint density at radius 3 is 2.23 bits per heavy atom. The van der Waals surface area contributed by atoms with E-state index in [0.29, 0.717) is 38.6 Å². The first-order valence-corrected chi connectivity index (χ1v) is 11.3. The molecule has 0 radical (unpaired) electrons. The molecule has 158 valence electrons. The van der Waals surface area contributed by atoms with Gasteiger partial charge in [-0.2, -0.15) is 4.31 Å². The molecule has 1 saturated heterocycles. The van der Waals surface area contributed by atoms with Crippen molar-refractivity contribution in [3.05, 3.63) is 71.4 Å². The summed E-state index contributed by atoms with van der Waals surface area (Å²) in [5.41, 5.74) is 2.97. The largest absolute Gasteiger partial charge is 0.441 e. The van der Waals surface area contributed by atoms with Crippen molar-refractivity contribution >= 4 is 10.0 Å². The highest BCUT2D eigenvalue weighted by molar-refractivity contribution is 7.89. The van der Waals surface area contributed by atoms with E-state index in [0.717, 1.165) is 17.0 Å². The maximum atomic E-state index is 13.1. The second kappa shape index (κ2) is 8.29. The summed E-state index contributed by atoms with van der Waals surface area (Å²) in [5.74, 6) is 0.915. The summed E-state index contributed by atoms with van der Waals surface area (Å²) in [6.45, 7) is 6.47. The van der Waals surface area contributed by atoms with E-state index >= 15 is 0 Å². The number of sulfonamides is 1. The van der Waals surface area contributed by atoms with Gasteiger partial charge in [0.1, 0.15) is 11.6 Å². The number of benzene rings is 2. The SMILES string of the molecule is Cc1ccc(-c2nc(CN3CCN(S(=O)(=O)c4ccc(F)cc4)CC3)c(C)o2)cc1. The Hall–Kier alpha value is -2.55. The molecule has 6 nitrogen and oxygen atoms in total. The molecule has 2 heterocycles. The van der Waals surface area contributed by atoms with Crippen LogP contribution in [0.4, 0.5) is 4.39 Å². The third-order valence-electron chi connectivity index (χ3n) is 5.35. The van der Waals surface area contributed by atoms with Gasteiger partial charge in [0.25, 0.3) is 0 Å². The van der Waals surface area contributed by atoms with Crippen LogP contribution in [0, 0.1) is 19.7 Å². The number of hydrogen-bond acceptors (Lipinski definition) is 5. The topological polar surface area (TPSA) is 66.7 Å². The van der Waals surface area contributed by atoms with Crippen LogP contribution in [0.1, 0.15) is 17.0 Å². The third kappa shape index (κ3) is 4.30. The molecule has 0 amide bonds. The van der Waals surface area contributed by atoms with Gasteiger partial charge in [0, 0.05) is 38.3 Å². The fraction of sp³-hybridized carbons (Fsp3) is 0.318. The van der Waals surface area contributed by atoms with E-state index in [2.05, 4.69) is 9.88 Å². The highest BCUT2D eigenvalue weighted by Gasteiger charge is 2.29. The smallest absolute Gasteiger partial charge is 0.243 e. The van der Waals surface area contributed by atoms with Crippen LogP contribution in [0.3, 0.4) is 0 Å². The molecule has 1 fully saturated rings. The summed E-state index contributed by atoms with van der Waals surface area (Å²) in [4.78, 5) is 6.94. The summed E-state index contributed by atoms with van der Waals surface area (Å²) in [6.07, 6.45) is 0. The van der Waals surface area contributed by atoms with Gasteiger partial charge in [-0.25, -0.2) is 17.8 Å². The minimum atomic E-state index is -3.61. The Labute approximate surface area is 176 Å². The normalized spacial score (nSPS) is 16.1. The molecule has 0 saturated carbocycles. The van der Waals surface area contributed by atoms with Gasteiger partial charge in [0.15, 0.2) is 0 Å². The molecular weight excluding hydrogens is 405 g/mol. The van der Waals surface area contributed by atoms with Crippen molar-refractivity contribution in [3.8, 4) is 11.5 Å². The predicted octanol–water partition coefficient (Wildman–Crippen LogP) is 3.60. The molecule has 2 aromatic carbocycles. The number of oxazole rings is 1. The monoisotopic (exact) mass is 429 g/mol. The van der Waals surface area contributed by atoms with Crippen LogP contribution in [0.25, 0.3) is 11.5 Å².